The molecule has 1 aromatic heterocycles. The Hall–Kier alpha value is -3.45. The lowest BCUT2D eigenvalue weighted by Crippen LogP contribution is -2.17. The number of fused-ring (bicyclic) bond motifs is 1. The Balaban J connectivity index is 1.61. The van der Waals surface area contributed by atoms with Crippen LogP contribution in [0.5, 0.6) is 0 Å². The van der Waals surface area contributed by atoms with Crippen molar-refractivity contribution < 1.29 is 23.9 Å². The second-order valence-corrected chi connectivity index (χ2v) is 8.25. The quantitative estimate of drug-likeness (QED) is 0.590. The molecule has 0 fully saturated rings. The van der Waals surface area contributed by atoms with E-state index in [1.54, 1.807) is 12.1 Å². The van der Waals surface area contributed by atoms with Gasteiger partial charge in [0.15, 0.2) is 0 Å². The van der Waals surface area contributed by atoms with Crippen LogP contribution in [0.3, 0.4) is 0 Å². The molecular weight excluding hydrogens is 414 g/mol. The summed E-state index contributed by atoms with van der Waals surface area (Å²) in [6, 6.07) is 17.1. The number of nitrogens with one attached hydrogen (secondary N) is 1. The minimum absolute atomic E-state index is 0.240. The first-order valence-electron chi connectivity index (χ1n) is 9.82. The summed E-state index contributed by atoms with van der Waals surface area (Å²) in [6.07, 6.45) is 1.22. The topological polar surface area (TPSA) is 81.7 Å². The number of hydrogen-bond acceptors (Lipinski definition) is 6. The highest BCUT2D eigenvalue weighted by Gasteiger charge is 2.38. The molecule has 0 bridgehead atoms. The number of thiophene rings is 1. The second kappa shape index (κ2) is 8.73. The molecule has 0 saturated carbocycles. The van der Waals surface area contributed by atoms with Gasteiger partial charge in [-0.15, -0.1) is 11.3 Å². The van der Waals surface area contributed by atoms with Crippen LogP contribution in [0.2, 0.25) is 0 Å². The number of anilines is 1. The molecule has 1 aliphatic rings. The van der Waals surface area contributed by atoms with Gasteiger partial charge in [0.2, 0.25) is 0 Å². The Morgan fingerprint density at radius 3 is 2.26 bits per heavy atom. The summed E-state index contributed by atoms with van der Waals surface area (Å²) in [6.45, 7) is 0. The maximum atomic E-state index is 12.9. The van der Waals surface area contributed by atoms with Gasteiger partial charge in [0.25, 0.3) is 5.91 Å². The van der Waals surface area contributed by atoms with Gasteiger partial charge in [-0.25, -0.2) is 4.79 Å². The first-order valence-corrected chi connectivity index (χ1v) is 10.6. The van der Waals surface area contributed by atoms with Gasteiger partial charge in [0, 0.05) is 10.4 Å². The summed E-state index contributed by atoms with van der Waals surface area (Å²) in [5.74, 6) is -1.83. The number of ether oxygens (including phenoxy) is 2. The summed E-state index contributed by atoms with van der Waals surface area (Å²) in [5, 5.41) is 3.23. The third kappa shape index (κ3) is 3.96. The van der Waals surface area contributed by atoms with E-state index in [2.05, 4.69) is 5.32 Å². The highest BCUT2D eigenvalue weighted by molar-refractivity contribution is 7.17. The van der Waals surface area contributed by atoms with E-state index in [-0.39, 0.29) is 11.5 Å². The number of methoxy groups -OCH3 is 2. The fraction of sp³-hybridized carbons (Fsp3) is 0.208. The van der Waals surface area contributed by atoms with Gasteiger partial charge < -0.3 is 14.8 Å². The SMILES string of the molecule is COC(=O)c1c(NC(=O)c2ccc(-c3ccccc3)cc2)sc2c1[C@@H](C(=O)OC)CC2. The molecule has 1 N–H and O–H groups in total. The van der Waals surface area contributed by atoms with Crippen molar-refractivity contribution in [3.63, 3.8) is 0 Å². The normalized spacial score (nSPS) is 14.6. The molecule has 4 rings (SSSR count). The Morgan fingerprint density at radius 2 is 1.61 bits per heavy atom. The first kappa shape index (κ1) is 20.8. The van der Waals surface area contributed by atoms with Crippen LogP contribution in [-0.2, 0) is 20.7 Å². The Morgan fingerprint density at radius 1 is 0.935 bits per heavy atom. The average molecular weight is 436 g/mol. The van der Waals surface area contributed by atoms with Gasteiger partial charge in [-0.3, -0.25) is 9.59 Å². The minimum atomic E-state index is -0.581. The number of amides is 1. The van der Waals surface area contributed by atoms with E-state index < -0.39 is 17.9 Å². The van der Waals surface area contributed by atoms with Gasteiger partial charge in [0.05, 0.1) is 25.7 Å². The van der Waals surface area contributed by atoms with Crippen LogP contribution >= 0.6 is 11.3 Å². The third-order valence-corrected chi connectivity index (χ3v) is 6.57. The van der Waals surface area contributed by atoms with E-state index >= 15 is 0 Å². The molecule has 6 nitrogen and oxygen atoms in total. The molecule has 1 atom stereocenters. The van der Waals surface area contributed by atoms with Crippen LogP contribution in [0.25, 0.3) is 11.1 Å². The zero-order valence-corrected chi connectivity index (χ0v) is 18.0. The van der Waals surface area contributed by atoms with E-state index in [0.29, 0.717) is 29.0 Å². The Bertz CT molecular complexity index is 1130. The van der Waals surface area contributed by atoms with E-state index in [1.807, 2.05) is 42.5 Å². The van der Waals surface area contributed by atoms with Crippen LogP contribution in [-0.4, -0.2) is 32.1 Å². The third-order valence-electron chi connectivity index (χ3n) is 5.39. The standard InChI is InChI=1S/C24H21NO5S/c1-29-23(27)17-12-13-18-19(17)20(24(28)30-2)22(31-18)25-21(26)16-10-8-15(9-11-16)14-6-4-3-5-7-14/h3-11,17H,12-13H2,1-2H3,(H,25,26)/t17-/m0/s1. The molecule has 31 heavy (non-hydrogen) atoms. The van der Waals surface area contributed by atoms with Crippen molar-refractivity contribution in [3.05, 3.63) is 76.2 Å². The van der Waals surface area contributed by atoms with E-state index in [1.165, 1.54) is 25.6 Å². The Labute approximate surface area is 183 Å². The van der Waals surface area contributed by atoms with E-state index in [0.717, 1.165) is 16.0 Å². The predicted molar refractivity (Wildman–Crippen MR) is 119 cm³/mol. The lowest BCUT2D eigenvalue weighted by Gasteiger charge is -2.12. The molecule has 1 amide bonds. The first-order chi connectivity index (χ1) is 15.0. The zero-order valence-electron chi connectivity index (χ0n) is 17.1. The van der Waals surface area contributed by atoms with Gasteiger partial charge in [0.1, 0.15) is 5.00 Å². The largest absolute Gasteiger partial charge is 0.469 e. The van der Waals surface area contributed by atoms with E-state index in [4.69, 9.17) is 9.47 Å². The molecule has 1 heterocycles. The van der Waals surface area contributed by atoms with Crippen molar-refractivity contribution >= 4 is 34.2 Å². The van der Waals surface area contributed by atoms with Crippen molar-refractivity contribution in [1.29, 1.82) is 0 Å². The molecule has 0 saturated heterocycles. The van der Waals surface area contributed by atoms with E-state index in [9.17, 15) is 14.4 Å². The van der Waals surface area contributed by atoms with Crippen LogP contribution in [0, 0.1) is 0 Å². The molecule has 0 spiro atoms. The van der Waals surface area contributed by atoms with Crippen LogP contribution in [0.4, 0.5) is 5.00 Å². The van der Waals surface area contributed by atoms with Gasteiger partial charge in [-0.2, -0.15) is 0 Å². The fourth-order valence-electron chi connectivity index (χ4n) is 3.86. The van der Waals surface area contributed by atoms with Crippen molar-refractivity contribution in [2.45, 2.75) is 18.8 Å². The predicted octanol–water partition coefficient (Wildman–Crippen LogP) is 4.66. The molecule has 7 heteroatoms. The molecule has 0 aliphatic heterocycles. The summed E-state index contributed by atoms with van der Waals surface area (Å²) < 4.78 is 9.83. The summed E-state index contributed by atoms with van der Waals surface area (Å²) in [5.41, 5.74) is 3.38. The fourth-order valence-corrected chi connectivity index (χ4v) is 5.12. The summed E-state index contributed by atoms with van der Waals surface area (Å²) >= 11 is 1.31. The van der Waals surface area contributed by atoms with Crippen molar-refractivity contribution in [3.8, 4) is 11.1 Å². The molecule has 0 unspecified atom stereocenters. The summed E-state index contributed by atoms with van der Waals surface area (Å²) in [4.78, 5) is 38.5. The second-order valence-electron chi connectivity index (χ2n) is 7.15. The maximum Gasteiger partial charge on any atom is 0.341 e. The van der Waals surface area contributed by atoms with Crippen LogP contribution < -0.4 is 5.32 Å². The number of aryl methyl sites for hydroxylation is 1. The lowest BCUT2D eigenvalue weighted by molar-refractivity contribution is -0.142. The van der Waals surface area contributed by atoms with Crippen molar-refractivity contribution in [1.82, 2.24) is 0 Å². The van der Waals surface area contributed by atoms with Crippen LogP contribution in [0.15, 0.2) is 54.6 Å². The molecule has 1 aliphatic carbocycles. The average Bonchev–Trinajstić information content (AvgIpc) is 3.37. The number of carbonyl (C=O) groups is 3. The monoisotopic (exact) mass is 435 g/mol. The highest BCUT2D eigenvalue weighted by atomic mass is 32.1. The summed E-state index contributed by atoms with van der Waals surface area (Å²) in [7, 11) is 2.61. The number of hydrogen-bond donors (Lipinski definition) is 1. The van der Waals surface area contributed by atoms with Gasteiger partial charge in [-0.1, -0.05) is 42.5 Å². The molecular formula is C24H21NO5S. The smallest absolute Gasteiger partial charge is 0.341 e. The van der Waals surface area contributed by atoms with Crippen LogP contribution in [0.1, 0.15) is 43.5 Å². The lowest BCUT2D eigenvalue weighted by atomic mass is 9.99. The maximum absolute atomic E-state index is 12.9. The number of carbonyl (C=O) groups excluding carboxylic acids is 3. The number of benzene rings is 2. The zero-order chi connectivity index (χ0) is 22.0. The van der Waals surface area contributed by atoms with Crippen molar-refractivity contribution in [2.24, 2.45) is 0 Å². The number of rotatable bonds is 5. The molecule has 0 radical (unpaired) electrons. The number of esters is 2. The molecule has 3 aromatic rings. The van der Waals surface area contributed by atoms with Gasteiger partial charge in [-0.05, 0) is 41.7 Å². The molecule has 158 valence electrons. The molecule has 2 aromatic carbocycles. The van der Waals surface area contributed by atoms with Crippen molar-refractivity contribution in [2.75, 3.05) is 19.5 Å². The minimum Gasteiger partial charge on any atom is -0.469 e. The van der Waals surface area contributed by atoms with Gasteiger partial charge >= 0.3 is 11.9 Å². The highest BCUT2D eigenvalue weighted by Crippen LogP contribution is 2.46. The Kier molecular flexibility index (Phi) is 5.86.